The van der Waals surface area contributed by atoms with E-state index in [1.54, 1.807) is 6.21 Å². The van der Waals surface area contributed by atoms with Crippen LogP contribution >= 0.6 is 0 Å². The maximum Gasteiger partial charge on any atom is 0.320 e. The SMILES string of the molecule is CCCNc1cc(N/N=C/c2c[nH]c3ccccc23)nc(OCCN2CCOCC2)n1. The van der Waals surface area contributed by atoms with Gasteiger partial charge < -0.3 is 19.8 Å². The molecular weight excluding hydrogens is 394 g/mol. The zero-order valence-corrected chi connectivity index (χ0v) is 17.8. The van der Waals surface area contributed by atoms with Gasteiger partial charge in [0.2, 0.25) is 0 Å². The molecule has 0 saturated carbocycles. The Labute approximate surface area is 181 Å². The summed E-state index contributed by atoms with van der Waals surface area (Å²) in [6.07, 6.45) is 4.71. The zero-order valence-electron chi connectivity index (χ0n) is 17.8. The van der Waals surface area contributed by atoms with Gasteiger partial charge in [-0.25, -0.2) is 0 Å². The Morgan fingerprint density at radius 3 is 2.94 bits per heavy atom. The van der Waals surface area contributed by atoms with Crippen LogP contribution in [0.4, 0.5) is 11.6 Å². The van der Waals surface area contributed by atoms with Gasteiger partial charge in [-0.2, -0.15) is 15.1 Å². The highest BCUT2D eigenvalue weighted by Crippen LogP contribution is 2.18. The molecule has 1 aliphatic heterocycles. The number of ether oxygens (including phenoxy) is 2. The first-order valence-electron chi connectivity index (χ1n) is 10.7. The molecule has 3 N–H and O–H groups in total. The van der Waals surface area contributed by atoms with E-state index >= 15 is 0 Å². The Bertz CT molecular complexity index is 998. The molecule has 3 heterocycles. The van der Waals surface area contributed by atoms with Gasteiger partial charge in [0.05, 0.1) is 19.4 Å². The van der Waals surface area contributed by atoms with E-state index in [1.807, 2.05) is 30.5 Å². The van der Waals surface area contributed by atoms with Crippen molar-refractivity contribution in [1.29, 1.82) is 0 Å². The van der Waals surface area contributed by atoms with E-state index in [0.29, 0.717) is 24.3 Å². The van der Waals surface area contributed by atoms with Crippen LogP contribution in [-0.4, -0.2) is 72.1 Å². The summed E-state index contributed by atoms with van der Waals surface area (Å²) in [5, 5.41) is 8.77. The van der Waals surface area contributed by atoms with Crippen molar-refractivity contribution in [3.05, 3.63) is 42.1 Å². The van der Waals surface area contributed by atoms with E-state index in [4.69, 9.17) is 9.47 Å². The Balaban J connectivity index is 1.40. The number of morpholine rings is 1. The molecule has 0 atom stereocenters. The molecule has 2 aromatic heterocycles. The number of nitrogens with one attached hydrogen (secondary N) is 3. The number of hydrogen-bond donors (Lipinski definition) is 3. The number of rotatable bonds is 10. The highest BCUT2D eigenvalue weighted by Gasteiger charge is 2.11. The number of hydrazone groups is 1. The van der Waals surface area contributed by atoms with E-state index < -0.39 is 0 Å². The van der Waals surface area contributed by atoms with Crippen LogP contribution in [0.15, 0.2) is 41.6 Å². The molecule has 0 aliphatic carbocycles. The quantitative estimate of drug-likeness (QED) is 0.341. The molecule has 1 aliphatic rings. The number of hydrogen-bond acceptors (Lipinski definition) is 8. The average Bonchev–Trinajstić information content (AvgIpc) is 3.22. The molecule has 1 saturated heterocycles. The molecule has 164 valence electrons. The smallest absolute Gasteiger partial charge is 0.320 e. The third-order valence-electron chi connectivity index (χ3n) is 5.01. The molecule has 4 rings (SSSR count). The number of benzene rings is 1. The minimum absolute atomic E-state index is 0.333. The molecule has 3 aromatic rings. The second-order valence-electron chi connectivity index (χ2n) is 7.31. The monoisotopic (exact) mass is 423 g/mol. The number of anilines is 2. The van der Waals surface area contributed by atoms with Crippen LogP contribution in [0.2, 0.25) is 0 Å². The average molecular weight is 424 g/mol. The van der Waals surface area contributed by atoms with Crippen LogP contribution in [0, 0.1) is 0 Å². The van der Waals surface area contributed by atoms with Crippen molar-refractivity contribution in [2.24, 2.45) is 5.10 Å². The fraction of sp³-hybridized carbons (Fsp3) is 0.409. The number of aromatic nitrogens is 3. The zero-order chi connectivity index (χ0) is 21.3. The minimum Gasteiger partial charge on any atom is -0.462 e. The van der Waals surface area contributed by atoms with Crippen molar-refractivity contribution in [2.45, 2.75) is 13.3 Å². The lowest BCUT2D eigenvalue weighted by Gasteiger charge is -2.26. The van der Waals surface area contributed by atoms with Gasteiger partial charge in [-0.3, -0.25) is 10.3 Å². The molecule has 0 bridgehead atoms. The summed E-state index contributed by atoms with van der Waals surface area (Å²) < 4.78 is 11.2. The molecule has 31 heavy (non-hydrogen) atoms. The predicted octanol–water partition coefficient (Wildman–Crippen LogP) is 2.94. The van der Waals surface area contributed by atoms with Crippen molar-refractivity contribution in [2.75, 3.05) is 56.7 Å². The van der Waals surface area contributed by atoms with E-state index in [2.05, 4.69) is 48.7 Å². The van der Waals surface area contributed by atoms with Crippen molar-refractivity contribution in [3.8, 4) is 6.01 Å². The summed E-state index contributed by atoms with van der Waals surface area (Å²) in [6, 6.07) is 10.3. The van der Waals surface area contributed by atoms with E-state index in [0.717, 1.165) is 62.3 Å². The van der Waals surface area contributed by atoms with E-state index in [9.17, 15) is 0 Å². The van der Waals surface area contributed by atoms with Gasteiger partial charge >= 0.3 is 6.01 Å². The van der Waals surface area contributed by atoms with Crippen molar-refractivity contribution in [1.82, 2.24) is 19.9 Å². The number of fused-ring (bicyclic) bond motifs is 1. The topological polar surface area (TPSA) is 99.7 Å². The highest BCUT2D eigenvalue weighted by molar-refractivity contribution is 5.99. The Hall–Kier alpha value is -3.17. The van der Waals surface area contributed by atoms with Crippen molar-refractivity contribution >= 4 is 28.8 Å². The lowest BCUT2D eigenvalue weighted by Crippen LogP contribution is -2.38. The van der Waals surface area contributed by atoms with Gasteiger partial charge in [-0.15, -0.1) is 0 Å². The standard InChI is InChI=1S/C22H29N7O2/c1-2-7-23-20-14-21(27-22(26-20)31-13-10-29-8-11-30-12-9-29)28-25-16-17-15-24-19-6-4-3-5-18(17)19/h3-6,14-16,24H,2,7-13H2,1H3,(H2,23,26,27,28)/b25-16+. The van der Waals surface area contributed by atoms with Crippen LogP contribution in [0.5, 0.6) is 6.01 Å². The van der Waals surface area contributed by atoms with Crippen molar-refractivity contribution < 1.29 is 9.47 Å². The summed E-state index contributed by atoms with van der Waals surface area (Å²) in [4.78, 5) is 14.5. The second kappa shape index (κ2) is 10.7. The van der Waals surface area contributed by atoms with Gasteiger partial charge in [0.25, 0.3) is 0 Å². The molecule has 0 amide bonds. The third kappa shape index (κ3) is 5.93. The molecule has 0 unspecified atom stereocenters. The number of H-pyrrole nitrogens is 1. The van der Waals surface area contributed by atoms with E-state index in [-0.39, 0.29) is 0 Å². The lowest BCUT2D eigenvalue weighted by molar-refractivity contribution is 0.0317. The summed E-state index contributed by atoms with van der Waals surface area (Å²) >= 11 is 0. The maximum atomic E-state index is 5.84. The van der Waals surface area contributed by atoms with E-state index in [1.165, 1.54) is 0 Å². The molecule has 9 heteroatoms. The Kier molecular flexibility index (Phi) is 7.30. The number of nitrogens with zero attached hydrogens (tertiary/aromatic N) is 4. The third-order valence-corrected chi connectivity index (χ3v) is 5.01. The summed E-state index contributed by atoms with van der Waals surface area (Å²) in [5.41, 5.74) is 5.08. The Morgan fingerprint density at radius 1 is 1.23 bits per heavy atom. The van der Waals surface area contributed by atoms with Crippen LogP contribution < -0.4 is 15.5 Å². The predicted molar refractivity (Wildman–Crippen MR) is 123 cm³/mol. The second-order valence-corrected chi connectivity index (χ2v) is 7.31. The Morgan fingerprint density at radius 2 is 2.06 bits per heavy atom. The fourth-order valence-corrected chi connectivity index (χ4v) is 3.35. The summed E-state index contributed by atoms with van der Waals surface area (Å²) in [5.74, 6) is 1.29. The lowest BCUT2D eigenvalue weighted by atomic mass is 10.2. The van der Waals surface area contributed by atoms with Gasteiger partial charge in [0, 0.05) is 54.9 Å². The molecule has 1 fully saturated rings. The molecular formula is C22H29N7O2. The van der Waals surface area contributed by atoms with Gasteiger partial charge in [-0.1, -0.05) is 25.1 Å². The van der Waals surface area contributed by atoms with Crippen LogP contribution in [0.25, 0.3) is 10.9 Å². The van der Waals surface area contributed by atoms with Crippen LogP contribution in [0.3, 0.4) is 0 Å². The van der Waals surface area contributed by atoms with Gasteiger partial charge in [0.15, 0.2) is 5.82 Å². The number of aromatic amines is 1. The van der Waals surface area contributed by atoms with Gasteiger partial charge in [0.1, 0.15) is 12.4 Å². The normalized spacial score (nSPS) is 14.9. The molecule has 0 radical (unpaired) electrons. The number of para-hydroxylation sites is 1. The van der Waals surface area contributed by atoms with Crippen LogP contribution in [-0.2, 0) is 4.74 Å². The highest BCUT2D eigenvalue weighted by atomic mass is 16.5. The molecule has 9 nitrogen and oxygen atoms in total. The first kappa shape index (κ1) is 21.1. The van der Waals surface area contributed by atoms with Crippen molar-refractivity contribution in [3.63, 3.8) is 0 Å². The van der Waals surface area contributed by atoms with Gasteiger partial charge in [-0.05, 0) is 12.5 Å². The molecule has 0 spiro atoms. The summed E-state index contributed by atoms with van der Waals surface area (Å²) in [7, 11) is 0. The van der Waals surface area contributed by atoms with Crippen LogP contribution in [0.1, 0.15) is 18.9 Å². The maximum absolute atomic E-state index is 5.84. The largest absolute Gasteiger partial charge is 0.462 e. The fourth-order valence-electron chi connectivity index (χ4n) is 3.35. The molecule has 1 aromatic carbocycles. The first-order chi connectivity index (χ1) is 15.3. The first-order valence-corrected chi connectivity index (χ1v) is 10.7. The summed E-state index contributed by atoms with van der Waals surface area (Å²) in [6.45, 7) is 7.68. The minimum atomic E-state index is 0.333.